The Kier molecular flexibility index (Phi) is 4.86. The lowest BCUT2D eigenvalue weighted by Gasteiger charge is -2.13. The molecule has 0 bridgehead atoms. The minimum atomic E-state index is -1.85. The van der Waals surface area contributed by atoms with E-state index in [1.54, 1.807) is 5.32 Å². The summed E-state index contributed by atoms with van der Waals surface area (Å²) >= 11 is 0. The van der Waals surface area contributed by atoms with Crippen LogP contribution >= 0.6 is 0 Å². The molecule has 0 aliphatic carbocycles. The summed E-state index contributed by atoms with van der Waals surface area (Å²) < 4.78 is 52.1. The van der Waals surface area contributed by atoms with Crippen molar-refractivity contribution in [3.05, 3.63) is 29.3 Å². The molecule has 4 N–H and O–H groups in total. The summed E-state index contributed by atoms with van der Waals surface area (Å²) in [6, 6.07) is -3.27. The van der Waals surface area contributed by atoms with Gasteiger partial charge in [-0.15, -0.1) is 0 Å². The third-order valence-corrected chi connectivity index (χ3v) is 2.14. The zero-order valence-electron chi connectivity index (χ0n) is 9.58. The lowest BCUT2D eigenvalue weighted by molar-refractivity contribution is -0.140. The van der Waals surface area contributed by atoms with E-state index in [1.165, 1.54) is 5.32 Å². The summed E-state index contributed by atoms with van der Waals surface area (Å²) in [6.45, 7) is -0.995. The van der Waals surface area contributed by atoms with Crippen LogP contribution in [0.15, 0.2) is 6.07 Å². The number of urea groups is 1. The number of carboxylic acids is 1. The van der Waals surface area contributed by atoms with Crippen molar-refractivity contribution in [3.8, 4) is 0 Å². The minimum absolute atomic E-state index is 0.0540. The number of carbonyl (C=O) groups is 2. The molecule has 0 aliphatic heterocycles. The first-order valence-corrected chi connectivity index (χ1v) is 5.02. The van der Waals surface area contributed by atoms with Crippen LogP contribution in [0.3, 0.4) is 0 Å². The van der Waals surface area contributed by atoms with E-state index in [2.05, 4.69) is 0 Å². The quantitative estimate of drug-likeness (QED) is 0.488. The van der Waals surface area contributed by atoms with Crippen LogP contribution in [0, 0.1) is 23.3 Å². The van der Waals surface area contributed by atoms with Gasteiger partial charge in [0.2, 0.25) is 0 Å². The van der Waals surface area contributed by atoms with E-state index >= 15 is 0 Å². The van der Waals surface area contributed by atoms with Crippen molar-refractivity contribution in [1.82, 2.24) is 5.32 Å². The summed E-state index contributed by atoms with van der Waals surface area (Å²) in [5, 5.41) is 20.2. The number of carboxylic acid groups (broad SMARTS) is 1. The molecule has 0 heterocycles. The van der Waals surface area contributed by atoms with Crippen LogP contribution in [0.25, 0.3) is 0 Å². The van der Waals surface area contributed by atoms with E-state index in [4.69, 9.17) is 10.2 Å². The highest BCUT2D eigenvalue weighted by Gasteiger charge is 2.23. The molecular formula is C10H8F4N2O4. The fourth-order valence-electron chi connectivity index (χ4n) is 1.18. The van der Waals surface area contributed by atoms with E-state index in [9.17, 15) is 27.2 Å². The van der Waals surface area contributed by atoms with Crippen LogP contribution in [-0.4, -0.2) is 34.9 Å². The number of rotatable bonds is 4. The number of nitrogens with one attached hydrogen (secondary N) is 2. The van der Waals surface area contributed by atoms with Crippen LogP contribution in [0.2, 0.25) is 0 Å². The molecule has 1 rings (SSSR count). The number of halogens is 4. The molecule has 0 fully saturated rings. The molecule has 0 radical (unpaired) electrons. The number of hydrogen-bond acceptors (Lipinski definition) is 3. The van der Waals surface area contributed by atoms with Gasteiger partial charge in [0.1, 0.15) is 5.69 Å². The number of amides is 2. The second-order valence-corrected chi connectivity index (χ2v) is 3.52. The molecule has 6 nitrogen and oxygen atoms in total. The van der Waals surface area contributed by atoms with Crippen molar-refractivity contribution in [2.24, 2.45) is 0 Å². The molecule has 0 aromatic heterocycles. The highest BCUT2D eigenvalue weighted by molar-refractivity contribution is 5.92. The zero-order chi connectivity index (χ0) is 15.4. The second-order valence-electron chi connectivity index (χ2n) is 3.52. The van der Waals surface area contributed by atoms with Gasteiger partial charge >= 0.3 is 12.0 Å². The van der Waals surface area contributed by atoms with Gasteiger partial charge in [0.05, 0.1) is 6.61 Å². The van der Waals surface area contributed by atoms with Crippen LogP contribution in [0.1, 0.15) is 0 Å². The number of aliphatic hydroxyl groups is 1. The largest absolute Gasteiger partial charge is 0.480 e. The number of hydrogen-bond donors (Lipinski definition) is 4. The first kappa shape index (κ1) is 15.7. The first-order valence-electron chi connectivity index (χ1n) is 5.02. The number of aliphatic carboxylic acids is 1. The summed E-state index contributed by atoms with van der Waals surface area (Å²) in [5.74, 6) is -8.80. The predicted molar refractivity (Wildman–Crippen MR) is 56.9 cm³/mol. The Hall–Kier alpha value is -2.36. The standard InChI is InChI=1S/C10H8F4N2O4/c11-3-1-4(12)7(14)8(6(3)13)16-10(20)15-5(2-17)9(18)19/h1,5,17H,2H2,(H,18,19)(H2,15,16,20)/t5-/m1/s1. The highest BCUT2D eigenvalue weighted by Crippen LogP contribution is 2.23. The fraction of sp³-hybridized carbons (Fsp3) is 0.200. The Labute approximate surface area is 109 Å². The molecule has 0 saturated heterocycles. The number of anilines is 1. The lowest BCUT2D eigenvalue weighted by Crippen LogP contribution is -2.45. The minimum Gasteiger partial charge on any atom is -0.480 e. The maximum absolute atomic E-state index is 13.2. The van der Waals surface area contributed by atoms with E-state index in [-0.39, 0.29) is 6.07 Å². The molecule has 0 spiro atoms. The molecular weight excluding hydrogens is 288 g/mol. The Morgan fingerprint density at radius 3 is 2.05 bits per heavy atom. The van der Waals surface area contributed by atoms with Gasteiger partial charge in [0.25, 0.3) is 0 Å². The van der Waals surface area contributed by atoms with Crippen molar-refractivity contribution >= 4 is 17.7 Å². The maximum atomic E-state index is 13.2. The topological polar surface area (TPSA) is 98.7 Å². The van der Waals surface area contributed by atoms with E-state index in [0.717, 1.165) is 0 Å². The molecule has 0 aliphatic rings. The van der Waals surface area contributed by atoms with Gasteiger partial charge < -0.3 is 20.8 Å². The summed E-state index contributed by atoms with van der Waals surface area (Å²) in [6.07, 6.45) is 0. The number of benzene rings is 1. The Morgan fingerprint density at radius 1 is 1.15 bits per heavy atom. The van der Waals surface area contributed by atoms with Crippen LogP contribution in [-0.2, 0) is 4.79 Å². The van der Waals surface area contributed by atoms with Gasteiger partial charge in [0.15, 0.2) is 29.3 Å². The van der Waals surface area contributed by atoms with Crippen molar-refractivity contribution in [2.75, 3.05) is 11.9 Å². The van der Waals surface area contributed by atoms with E-state index in [0.29, 0.717) is 0 Å². The predicted octanol–water partition coefficient (Wildman–Crippen LogP) is 0.810. The lowest BCUT2D eigenvalue weighted by atomic mass is 10.2. The van der Waals surface area contributed by atoms with Crippen molar-refractivity contribution in [3.63, 3.8) is 0 Å². The zero-order valence-corrected chi connectivity index (χ0v) is 9.58. The maximum Gasteiger partial charge on any atom is 0.328 e. The Balaban J connectivity index is 2.94. The van der Waals surface area contributed by atoms with Crippen LogP contribution in [0.4, 0.5) is 28.0 Å². The van der Waals surface area contributed by atoms with Crippen molar-refractivity contribution < 1.29 is 37.4 Å². The molecule has 2 amide bonds. The molecule has 1 aromatic carbocycles. The summed E-state index contributed by atoms with van der Waals surface area (Å²) in [4.78, 5) is 21.7. The van der Waals surface area contributed by atoms with Gasteiger partial charge in [-0.2, -0.15) is 0 Å². The molecule has 1 atom stereocenters. The van der Waals surface area contributed by atoms with E-state index < -0.39 is 53.6 Å². The molecule has 110 valence electrons. The number of carbonyl (C=O) groups excluding carboxylic acids is 1. The van der Waals surface area contributed by atoms with Gasteiger partial charge in [-0.25, -0.2) is 27.2 Å². The third-order valence-electron chi connectivity index (χ3n) is 2.14. The SMILES string of the molecule is O=C(Nc1c(F)c(F)cc(F)c1F)N[C@H](CO)C(=O)O. The van der Waals surface area contributed by atoms with Crippen molar-refractivity contribution in [2.45, 2.75) is 6.04 Å². The first-order chi connectivity index (χ1) is 9.27. The normalized spacial score (nSPS) is 11.8. The fourth-order valence-corrected chi connectivity index (χ4v) is 1.18. The molecule has 1 aromatic rings. The third kappa shape index (κ3) is 3.35. The van der Waals surface area contributed by atoms with Gasteiger partial charge in [-0.1, -0.05) is 0 Å². The van der Waals surface area contributed by atoms with E-state index in [1.807, 2.05) is 0 Å². The summed E-state index contributed by atoms with van der Waals surface area (Å²) in [5.41, 5.74) is -1.41. The Morgan fingerprint density at radius 2 is 1.65 bits per heavy atom. The molecule has 20 heavy (non-hydrogen) atoms. The second kappa shape index (κ2) is 6.19. The molecule has 0 unspecified atom stereocenters. The Bertz CT molecular complexity index is 526. The van der Waals surface area contributed by atoms with Crippen molar-refractivity contribution in [1.29, 1.82) is 0 Å². The van der Waals surface area contributed by atoms with Gasteiger partial charge in [-0.3, -0.25) is 0 Å². The smallest absolute Gasteiger partial charge is 0.328 e. The highest BCUT2D eigenvalue weighted by atomic mass is 19.2. The average Bonchev–Trinajstić information content (AvgIpc) is 2.38. The number of aliphatic hydroxyl groups excluding tert-OH is 1. The monoisotopic (exact) mass is 296 g/mol. The summed E-state index contributed by atoms with van der Waals surface area (Å²) in [7, 11) is 0. The average molecular weight is 296 g/mol. The van der Waals surface area contributed by atoms with Gasteiger partial charge in [-0.05, 0) is 0 Å². The van der Waals surface area contributed by atoms with Gasteiger partial charge in [0, 0.05) is 6.07 Å². The van der Waals surface area contributed by atoms with Crippen LogP contribution in [0.5, 0.6) is 0 Å². The van der Waals surface area contributed by atoms with Crippen LogP contribution < -0.4 is 10.6 Å². The molecule has 0 saturated carbocycles. The molecule has 10 heteroatoms.